The third-order valence-electron chi connectivity index (χ3n) is 2.92. The molecule has 0 radical (unpaired) electrons. The number of rotatable bonds is 9. The Labute approximate surface area is 105 Å². The summed E-state index contributed by atoms with van der Waals surface area (Å²) in [6.07, 6.45) is 6.69. The Morgan fingerprint density at radius 1 is 1.12 bits per heavy atom. The minimum Gasteiger partial charge on any atom is -0.497 e. The monoisotopic (exact) mass is 235 g/mol. The van der Waals surface area contributed by atoms with Crippen molar-refractivity contribution in [2.45, 2.75) is 45.6 Å². The first-order valence-corrected chi connectivity index (χ1v) is 6.70. The van der Waals surface area contributed by atoms with Crippen LogP contribution < -0.4 is 10.1 Å². The molecule has 0 heterocycles. The van der Waals surface area contributed by atoms with E-state index in [0.29, 0.717) is 0 Å². The minimum atomic E-state index is 0.935. The molecular weight excluding hydrogens is 210 g/mol. The Morgan fingerprint density at radius 2 is 1.94 bits per heavy atom. The van der Waals surface area contributed by atoms with Gasteiger partial charge < -0.3 is 10.1 Å². The van der Waals surface area contributed by atoms with Crippen LogP contribution in [-0.2, 0) is 6.54 Å². The molecule has 0 aliphatic heterocycles. The fraction of sp³-hybridized carbons (Fsp3) is 0.600. The average Bonchev–Trinajstić information content (AvgIpc) is 2.38. The zero-order chi connectivity index (χ0) is 12.3. The smallest absolute Gasteiger partial charge is 0.119 e. The first-order valence-electron chi connectivity index (χ1n) is 6.70. The van der Waals surface area contributed by atoms with Gasteiger partial charge in [0, 0.05) is 6.54 Å². The Hall–Kier alpha value is -1.02. The molecule has 0 amide bonds. The molecule has 0 spiro atoms. The highest BCUT2D eigenvalue weighted by Gasteiger charge is 1.95. The van der Waals surface area contributed by atoms with Crippen molar-refractivity contribution >= 4 is 0 Å². The van der Waals surface area contributed by atoms with E-state index in [2.05, 4.69) is 24.4 Å². The minimum absolute atomic E-state index is 0.935. The third kappa shape index (κ3) is 6.32. The highest BCUT2D eigenvalue weighted by atomic mass is 16.5. The van der Waals surface area contributed by atoms with E-state index in [0.717, 1.165) is 18.8 Å². The lowest BCUT2D eigenvalue weighted by atomic mass is 10.1. The van der Waals surface area contributed by atoms with Crippen molar-refractivity contribution in [3.63, 3.8) is 0 Å². The maximum atomic E-state index is 5.20. The molecule has 0 fully saturated rings. The zero-order valence-electron chi connectivity index (χ0n) is 11.2. The number of ether oxygens (including phenoxy) is 1. The van der Waals surface area contributed by atoms with Crippen LogP contribution in [-0.4, -0.2) is 13.7 Å². The summed E-state index contributed by atoms with van der Waals surface area (Å²) in [5, 5.41) is 3.47. The fourth-order valence-corrected chi connectivity index (χ4v) is 1.87. The average molecular weight is 235 g/mol. The van der Waals surface area contributed by atoms with Gasteiger partial charge in [0.05, 0.1) is 7.11 Å². The molecule has 17 heavy (non-hydrogen) atoms. The van der Waals surface area contributed by atoms with Gasteiger partial charge in [0.2, 0.25) is 0 Å². The van der Waals surface area contributed by atoms with Crippen LogP contribution in [0.5, 0.6) is 5.75 Å². The number of nitrogens with one attached hydrogen (secondary N) is 1. The summed E-state index contributed by atoms with van der Waals surface area (Å²) in [7, 11) is 1.71. The number of unbranched alkanes of at least 4 members (excludes halogenated alkanes) is 4. The van der Waals surface area contributed by atoms with E-state index >= 15 is 0 Å². The number of hydrogen-bond acceptors (Lipinski definition) is 2. The molecule has 0 aliphatic rings. The van der Waals surface area contributed by atoms with Crippen molar-refractivity contribution < 1.29 is 4.74 Å². The van der Waals surface area contributed by atoms with E-state index < -0.39 is 0 Å². The Kier molecular flexibility index (Phi) is 7.48. The van der Waals surface area contributed by atoms with Gasteiger partial charge >= 0.3 is 0 Å². The van der Waals surface area contributed by atoms with Crippen molar-refractivity contribution in [1.29, 1.82) is 0 Å². The van der Waals surface area contributed by atoms with Crippen LogP contribution in [0.15, 0.2) is 24.3 Å². The van der Waals surface area contributed by atoms with E-state index in [1.54, 1.807) is 7.11 Å². The van der Waals surface area contributed by atoms with Crippen molar-refractivity contribution in [2.75, 3.05) is 13.7 Å². The van der Waals surface area contributed by atoms with Crippen LogP contribution in [0.25, 0.3) is 0 Å². The van der Waals surface area contributed by atoms with Gasteiger partial charge in [0.25, 0.3) is 0 Å². The molecular formula is C15H25NO. The van der Waals surface area contributed by atoms with E-state index in [-0.39, 0.29) is 0 Å². The SMILES string of the molecule is CCCCCCCNCc1cccc(OC)c1. The molecule has 0 aromatic heterocycles. The lowest BCUT2D eigenvalue weighted by Crippen LogP contribution is -2.14. The molecule has 1 aromatic rings. The van der Waals surface area contributed by atoms with E-state index in [1.807, 2.05) is 12.1 Å². The third-order valence-corrected chi connectivity index (χ3v) is 2.92. The maximum Gasteiger partial charge on any atom is 0.119 e. The molecule has 1 N–H and O–H groups in total. The van der Waals surface area contributed by atoms with Crippen molar-refractivity contribution in [1.82, 2.24) is 5.32 Å². The molecule has 0 saturated carbocycles. The van der Waals surface area contributed by atoms with Crippen LogP contribution in [0.2, 0.25) is 0 Å². The molecule has 1 rings (SSSR count). The van der Waals surface area contributed by atoms with E-state index in [9.17, 15) is 0 Å². The standard InChI is InChI=1S/C15H25NO/c1-3-4-5-6-7-11-16-13-14-9-8-10-15(12-14)17-2/h8-10,12,16H,3-7,11,13H2,1-2H3. The summed E-state index contributed by atoms with van der Waals surface area (Å²) in [6.45, 7) is 4.30. The largest absolute Gasteiger partial charge is 0.497 e. The molecule has 0 saturated heterocycles. The second-order valence-electron chi connectivity index (χ2n) is 4.44. The second-order valence-corrected chi connectivity index (χ2v) is 4.44. The van der Waals surface area contributed by atoms with E-state index in [4.69, 9.17) is 4.74 Å². The highest BCUT2D eigenvalue weighted by Crippen LogP contribution is 2.12. The van der Waals surface area contributed by atoms with Crippen LogP contribution in [0.4, 0.5) is 0 Å². The predicted octanol–water partition coefficient (Wildman–Crippen LogP) is 3.76. The van der Waals surface area contributed by atoms with Crippen LogP contribution >= 0.6 is 0 Å². The maximum absolute atomic E-state index is 5.20. The van der Waals surface area contributed by atoms with Crippen LogP contribution in [0.1, 0.15) is 44.6 Å². The van der Waals surface area contributed by atoms with Gasteiger partial charge in [-0.1, -0.05) is 44.7 Å². The first-order chi connectivity index (χ1) is 8.36. The summed E-state index contributed by atoms with van der Waals surface area (Å²) in [6, 6.07) is 8.24. The second kappa shape index (κ2) is 9.06. The lowest BCUT2D eigenvalue weighted by molar-refractivity contribution is 0.414. The van der Waals surface area contributed by atoms with E-state index in [1.165, 1.54) is 37.7 Å². The van der Waals surface area contributed by atoms with Gasteiger partial charge in [-0.3, -0.25) is 0 Å². The topological polar surface area (TPSA) is 21.3 Å². The molecule has 96 valence electrons. The van der Waals surface area contributed by atoms with Gasteiger partial charge in [-0.2, -0.15) is 0 Å². The number of benzene rings is 1. The molecule has 0 aliphatic carbocycles. The number of methoxy groups -OCH3 is 1. The zero-order valence-corrected chi connectivity index (χ0v) is 11.2. The summed E-state index contributed by atoms with van der Waals surface area (Å²) in [5.74, 6) is 0.937. The summed E-state index contributed by atoms with van der Waals surface area (Å²) in [5.41, 5.74) is 1.29. The summed E-state index contributed by atoms with van der Waals surface area (Å²) in [4.78, 5) is 0. The van der Waals surface area contributed by atoms with Crippen LogP contribution in [0, 0.1) is 0 Å². The van der Waals surface area contributed by atoms with Crippen molar-refractivity contribution in [3.05, 3.63) is 29.8 Å². The quantitative estimate of drug-likeness (QED) is 0.658. The van der Waals surface area contributed by atoms with Crippen molar-refractivity contribution in [3.8, 4) is 5.75 Å². The lowest BCUT2D eigenvalue weighted by Gasteiger charge is -2.06. The van der Waals surface area contributed by atoms with Gasteiger partial charge in [0.1, 0.15) is 5.75 Å². The molecule has 0 atom stereocenters. The van der Waals surface area contributed by atoms with Crippen LogP contribution in [0.3, 0.4) is 0 Å². The van der Waals surface area contributed by atoms with Crippen molar-refractivity contribution in [2.24, 2.45) is 0 Å². The van der Waals surface area contributed by atoms with Gasteiger partial charge in [0.15, 0.2) is 0 Å². The molecule has 1 aromatic carbocycles. The molecule has 0 bridgehead atoms. The normalized spacial score (nSPS) is 10.5. The Bertz CT molecular complexity index is 299. The van der Waals surface area contributed by atoms with Gasteiger partial charge in [-0.05, 0) is 30.7 Å². The predicted molar refractivity (Wildman–Crippen MR) is 73.5 cm³/mol. The molecule has 2 heteroatoms. The van der Waals surface area contributed by atoms with Gasteiger partial charge in [-0.25, -0.2) is 0 Å². The number of hydrogen-bond donors (Lipinski definition) is 1. The summed E-state index contributed by atoms with van der Waals surface area (Å²) < 4.78 is 5.20. The first kappa shape index (κ1) is 14.0. The Balaban J connectivity index is 2.09. The molecule has 0 unspecified atom stereocenters. The van der Waals surface area contributed by atoms with Gasteiger partial charge in [-0.15, -0.1) is 0 Å². The highest BCUT2D eigenvalue weighted by molar-refractivity contribution is 5.28. The fourth-order valence-electron chi connectivity index (χ4n) is 1.87. The Morgan fingerprint density at radius 3 is 2.71 bits per heavy atom. The molecule has 2 nitrogen and oxygen atoms in total. The summed E-state index contributed by atoms with van der Waals surface area (Å²) >= 11 is 0.